The summed E-state index contributed by atoms with van der Waals surface area (Å²) in [6.45, 7) is 7.86. The molecular weight excluding hydrogens is 336 g/mol. The van der Waals surface area contributed by atoms with Gasteiger partial charge in [-0.2, -0.15) is 0 Å². The largest absolute Gasteiger partial charge is 0.492 e. The van der Waals surface area contributed by atoms with Gasteiger partial charge in [0.2, 0.25) is 0 Å². The van der Waals surface area contributed by atoms with Crippen LogP contribution in [0, 0.1) is 6.92 Å². The van der Waals surface area contributed by atoms with Crippen LogP contribution in [0.1, 0.15) is 23.6 Å². The van der Waals surface area contributed by atoms with Crippen LogP contribution in [-0.4, -0.2) is 44.7 Å². The minimum absolute atomic E-state index is 0.649. The number of aryl methyl sites for hydroxylation is 1. The highest BCUT2D eigenvalue weighted by atomic mass is 16.5. The predicted octanol–water partition coefficient (Wildman–Crippen LogP) is 3.19. The summed E-state index contributed by atoms with van der Waals surface area (Å²) in [5, 5.41) is 6.71. The fourth-order valence-electron chi connectivity index (χ4n) is 2.51. The molecule has 5 heteroatoms. The third-order valence-corrected chi connectivity index (χ3v) is 4.10. The van der Waals surface area contributed by atoms with Crippen LogP contribution in [0.25, 0.3) is 0 Å². The summed E-state index contributed by atoms with van der Waals surface area (Å²) in [5.41, 5.74) is 3.58. The fraction of sp³-hybridized carbons (Fsp3) is 0.409. The smallest absolute Gasteiger partial charge is 0.191 e. The van der Waals surface area contributed by atoms with Crippen molar-refractivity contribution in [2.45, 2.75) is 26.9 Å². The normalized spacial score (nSPS) is 11.5. The highest BCUT2D eigenvalue weighted by molar-refractivity contribution is 5.79. The molecule has 0 heterocycles. The molecule has 0 saturated heterocycles. The van der Waals surface area contributed by atoms with Crippen LogP contribution in [0.3, 0.4) is 0 Å². The highest BCUT2D eigenvalue weighted by Crippen LogP contribution is 2.17. The lowest BCUT2D eigenvalue weighted by atomic mass is 10.1. The monoisotopic (exact) mass is 368 g/mol. The van der Waals surface area contributed by atoms with Crippen molar-refractivity contribution in [2.75, 3.05) is 33.8 Å². The van der Waals surface area contributed by atoms with Gasteiger partial charge in [0, 0.05) is 25.2 Å². The van der Waals surface area contributed by atoms with E-state index in [4.69, 9.17) is 9.73 Å². The van der Waals surface area contributed by atoms with Crippen molar-refractivity contribution in [2.24, 2.45) is 4.99 Å². The lowest BCUT2D eigenvalue weighted by Gasteiger charge is -2.16. The van der Waals surface area contributed by atoms with E-state index in [1.54, 1.807) is 0 Å². The topological polar surface area (TPSA) is 48.9 Å². The van der Waals surface area contributed by atoms with Crippen LogP contribution in [0.15, 0.2) is 53.5 Å². The van der Waals surface area contributed by atoms with Crippen LogP contribution in [0.5, 0.6) is 5.75 Å². The van der Waals surface area contributed by atoms with Crippen molar-refractivity contribution in [1.29, 1.82) is 0 Å². The van der Waals surface area contributed by atoms with E-state index in [0.29, 0.717) is 19.7 Å². The quantitative estimate of drug-likeness (QED) is 0.527. The van der Waals surface area contributed by atoms with Crippen molar-refractivity contribution in [3.63, 3.8) is 0 Å². The molecule has 2 aromatic rings. The zero-order valence-electron chi connectivity index (χ0n) is 17.0. The van der Waals surface area contributed by atoms with Crippen molar-refractivity contribution >= 4 is 5.96 Å². The number of nitrogens with zero attached hydrogens (tertiary/aromatic N) is 2. The van der Waals surface area contributed by atoms with Gasteiger partial charge in [-0.3, -0.25) is 0 Å². The van der Waals surface area contributed by atoms with Crippen LogP contribution < -0.4 is 15.4 Å². The average molecular weight is 369 g/mol. The first-order valence-corrected chi connectivity index (χ1v) is 9.51. The van der Waals surface area contributed by atoms with E-state index in [-0.39, 0.29) is 0 Å². The molecule has 0 aliphatic rings. The Kier molecular flexibility index (Phi) is 8.65. The van der Waals surface area contributed by atoms with E-state index < -0.39 is 0 Å². The third kappa shape index (κ3) is 7.71. The van der Waals surface area contributed by atoms with Gasteiger partial charge in [-0.25, -0.2) is 4.99 Å². The van der Waals surface area contributed by atoms with Gasteiger partial charge in [0.15, 0.2) is 5.96 Å². The summed E-state index contributed by atoms with van der Waals surface area (Å²) in [6, 6.07) is 16.6. The summed E-state index contributed by atoms with van der Waals surface area (Å²) in [5.74, 6) is 1.72. The number of hydrogen-bond donors (Lipinski definition) is 2. The Morgan fingerprint density at radius 2 is 1.78 bits per heavy atom. The maximum Gasteiger partial charge on any atom is 0.191 e. The molecular formula is C22H32N4O. The lowest BCUT2D eigenvalue weighted by Crippen LogP contribution is -2.36. The first-order chi connectivity index (χ1) is 13.1. The van der Waals surface area contributed by atoms with Gasteiger partial charge in [-0.15, -0.1) is 0 Å². The third-order valence-electron chi connectivity index (χ3n) is 4.10. The van der Waals surface area contributed by atoms with Gasteiger partial charge < -0.3 is 20.3 Å². The molecule has 146 valence electrons. The van der Waals surface area contributed by atoms with Crippen molar-refractivity contribution in [1.82, 2.24) is 15.5 Å². The number of ether oxygens (including phenoxy) is 1. The Balaban J connectivity index is 1.96. The number of likely N-dealkylation sites (N-methyl/N-ethyl adjacent to an activating group) is 1. The van der Waals surface area contributed by atoms with Crippen molar-refractivity contribution < 1.29 is 4.74 Å². The molecule has 0 saturated carbocycles. The van der Waals surface area contributed by atoms with Gasteiger partial charge in [-0.05, 0) is 39.6 Å². The maximum absolute atomic E-state index is 5.94. The van der Waals surface area contributed by atoms with E-state index in [1.165, 1.54) is 11.1 Å². The Hall–Kier alpha value is -2.53. The molecule has 0 amide bonds. The van der Waals surface area contributed by atoms with Gasteiger partial charge >= 0.3 is 0 Å². The number of hydrogen-bond acceptors (Lipinski definition) is 3. The number of guanidine groups is 1. The molecule has 2 aromatic carbocycles. The van der Waals surface area contributed by atoms with E-state index in [1.807, 2.05) is 32.3 Å². The molecule has 0 bridgehead atoms. The van der Waals surface area contributed by atoms with Gasteiger partial charge in [0.25, 0.3) is 0 Å². The summed E-state index contributed by atoms with van der Waals surface area (Å²) < 4.78 is 5.94. The van der Waals surface area contributed by atoms with E-state index in [2.05, 4.69) is 59.7 Å². The Morgan fingerprint density at radius 3 is 2.48 bits per heavy atom. The SMILES string of the molecule is CCNC(=NCc1ccc(C)cc1)NCc1ccccc1OCCN(C)C. The average Bonchev–Trinajstić information content (AvgIpc) is 2.66. The number of para-hydroxylation sites is 1. The van der Waals surface area contributed by atoms with Crippen molar-refractivity contribution in [3.05, 3.63) is 65.2 Å². The molecule has 0 aliphatic heterocycles. The Morgan fingerprint density at radius 1 is 1.04 bits per heavy atom. The summed E-state index contributed by atoms with van der Waals surface area (Å²) in [7, 11) is 4.09. The molecule has 0 fully saturated rings. The summed E-state index contributed by atoms with van der Waals surface area (Å²) in [6.07, 6.45) is 0. The minimum atomic E-state index is 0.649. The number of aliphatic imine (C=N–C) groups is 1. The molecule has 2 rings (SSSR count). The van der Waals surface area contributed by atoms with Gasteiger partial charge in [-0.1, -0.05) is 48.0 Å². The van der Waals surface area contributed by atoms with E-state index in [9.17, 15) is 0 Å². The standard InChI is InChI=1S/C22H32N4O/c1-5-23-22(24-16-19-12-10-18(2)11-13-19)25-17-20-8-6-7-9-21(20)27-15-14-26(3)4/h6-13H,5,14-17H2,1-4H3,(H2,23,24,25). The Labute approximate surface area is 163 Å². The molecule has 0 aliphatic carbocycles. The molecule has 27 heavy (non-hydrogen) atoms. The van der Waals surface area contributed by atoms with Gasteiger partial charge in [0.05, 0.1) is 6.54 Å². The van der Waals surface area contributed by atoms with E-state index in [0.717, 1.165) is 30.4 Å². The number of nitrogens with one attached hydrogen (secondary N) is 2. The maximum atomic E-state index is 5.94. The molecule has 0 unspecified atom stereocenters. The number of rotatable bonds is 9. The van der Waals surface area contributed by atoms with Crippen molar-refractivity contribution in [3.8, 4) is 5.75 Å². The zero-order chi connectivity index (χ0) is 19.5. The fourth-order valence-corrected chi connectivity index (χ4v) is 2.51. The summed E-state index contributed by atoms with van der Waals surface area (Å²) >= 11 is 0. The first-order valence-electron chi connectivity index (χ1n) is 9.51. The second-order valence-electron chi connectivity index (χ2n) is 6.79. The molecule has 0 spiro atoms. The van der Waals surface area contributed by atoms with Crippen LogP contribution in [0.4, 0.5) is 0 Å². The Bertz CT molecular complexity index is 711. The summed E-state index contributed by atoms with van der Waals surface area (Å²) in [4.78, 5) is 6.80. The van der Waals surface area contributed by atoms with Crippen LogP contribution >= 0.6 is 0 Å². The van der Waals surface area contributed by atoms with Gasteiger partial charge in [0.1, 0.15) is 12.4 Å². The number of benzene rings is 2. The minimum Gasteiger partial charge on any atom is -0.492 e. The first kappa shape index (κ1) is 20.8. The molecule has 0 radical (unpaired) electrons. The van der Waals surface area contributed by atoms with Crippen LogP contribution in [-0.2, 0) is 13.1 Å². The zero-order valence-corrected chi connectivity index (χ0v) is 17.0. The van der Waals surface area contributed by atoms with Crippen LogP contribution in [0.2, 0.25) is 0 Å². The lowest BCUT2D eigenvalue weighted by molar-refractivity contribution is 0.259. The predicted molar refractivity (Wildman–Crippen MR) is 113 cm³/mol. The molecule has 5 nitrogen and oxygen atoms in total. The second-order valence-corrected chi connectivity index (χ2v) is 6.79. The molecule has 0 atom stereocenters. The highest BCUT2D eigenvalue weighted by Gasteiger charge is 2.05. The van der Waals surface area contributed by atoms with E-state index >= 15 is 0 Å². The second kappa shape index (κ2) is 11.2. The molecule has 2 N–H and O–H groups in total. The molecule has 0 aromatic heterocycles.